The number of furan rings is 1. The molecule has 0 fully saturated rings. The van der Waals surface area contributed by atoms with E-state index < -0.39 is 5.91 Å². The fourth-order valence-electron chi connectivity index (χ4n) is 2.73. The molecule has 1 amide bonds. The molecular weight excluding hydrogens is 290 g/mol. The first-order valence-electron chi connectivity index (χ1n) is 7.21. The van der Waals surface area contributed by atoms with Crippen molar-refractivity contribution in [2.75, 3.05) is 0 Å². The maximum absolute atomic E-state index is 11.8. The molecule has 3 aromatic heterocycles. The lowest BCUT2D eigenvalue weighted by atomic mass is 10.0. The Kier molecular flexibility index (Phi) is 3.05. The van der Waals surface area contributed by atoms with Gasteiger partial charge in [0.1, 0.15) is 11.3 Å². The van der Waals surface area contributed by atoms with E-state index in [4.69, 9.17) is 10.2 Å². The van der Waals surface area contributed by atoms with Gasteiger partial charge in [0.15, 0.2) is 0 Å². The molecule has 4 aromatic rings. The number of nitrogens with zero attached hydrogens (tertiary/aromatic N) is 2. The third-order valence-corrected chi connectivity index (χ3v) is 3.81. The maximum atomic E-state index is 11.8. The number of carbonyl (C=O) groups excluding carboxylic acids is 1. The van der Waals surface area contributed by atoms with Crippen LogP contribution in [0.3, 0.4) is 0 Å². The molecular formula is C18H13N3O2. The Morgan fingerprint density at radius 2 is 2.04 bits per heavy atom. The number of amides is 1. The first-order chi connectivity index (χ1) is 11.2. The molecule has 0 bridgehead atoms. The van der Waals surface area contributed by atoms with Crippen molar-refractivity contribution in [3.05, 3.63) is 71.7 Å². The van der Waals surface area contributed by atoms with Gasteiger partial charge in [-0.05, 0) is 53.9 Å². The second-order valence-corrected chi connectivity index (χ2v) is 5.37. The highest BCUT2D eigenvalue weighted by Crippen LogP contribution is 2.22. The highest BCUT2D eigenvalue weighted by molar-refractivity contribution is 5.95. The average molecular weight is 303 g/mol. The van der Waals surface area contributed by atoms with Gasteiger partial charge >= 0.3 is 0 Å². The Morgan fingerprint density at radius 1 is 1.13 bits per heavy atom. The lowest BCUT2D eigenvalue weighted by molar-refractivity contribution is 0.0995. The molecule has 5 heteroatoms. The summed E-state index contributed by atoms with van der Waals surface area (Å²) >= 11 is 0. The number of aromatic nitrogens is 2. The van der Waals surface area contributed by atoms with Crippen LogP contribution in [0, 0.1) is 0 Å². The summed E-state index contributed by atoms with van der Waals surface area (Å²) in [5, 5.41) is 1.02. The smallest absolute Gasteiger partial charge is 0.267 e. The largest absolute Gasteiger partial charge is 0.464 e. The van der Waals surface area contributed by atoms with Crippen LogP contribution in [0.2, 0.25) is 0 Å². The van der Waals surface area contributed by atoms with Crippen molar-refractivity contribution in [2.24, 2.45) is 5.73 Å². The van der Waals surface area contributed by atoms with E-state index in [2.05, 4.69) is 9.97 Å². The van der Waals surface area contributed by atoms with Gasteiger partial charge in [0.05, 0.1) is 17.3 Å². The molecule has 0 aliphatic heterocycles. The van der Waals surface area contributed by atoms with Crippen LogP contribution in [-0.2, 0) is 6.42 Å². The Labute approximate surface area is 131 Å². The minimum atomic E-state index is -0.532. The molecule has 0 radical (unpaired) electrons. The summed E-state index contributed by atoms with van der Waals surface area (Å²) in [6.07, 6.45) is 3.92. The molecule has 0 spiro atoms. The van der Waals surface area contributed by atoms with Gasteiger partial charge in [-0.2, -0.15) is 0 Å². The number of fused-ring (bicyclic) bond motifs is 2. The van der Waals surface area contributed by atoms with Crippen molar-refractivity contribution in [3.8, 4) is 0 Å². The molecule has 112 valence electrons. The second-order valence-electron chi connectivity index (χ2n) is 5.37. The van der Waals surface area contributed by atoms with Crippen molar-refractivity contribution in [3.63, 3.8) is 0 Å². The highest BCUT2D eigenvalue weighted by Gasteiger charge is 2.13. The van der Waals surface area contributed by atoms with Gasteiger partial charge in [0, 0.05) is 11.6 Å². The van der Waals surface area contributed by atoms with E-state index in [0.29, 0.717) is 11.9 Å². The number of hydrogen-bond acceptors (Lipinski definition) is 4. The van der Waals surface area contributed by atoms with Crippen molar-refractivity contribution < 1.29 is 9.21 Å². The topological polar surface area (TPSA) is 82.0 Å². The van der Waals surface area contributed by atoms with Gasteiger partial charge in [-0.15, -0.1) is 0 Å². The molecule has 0 saturated carbocycles. The Morgan fingerprint density at radius 3 is 2.91 bits per heavy atom. The van der Waals surface area contributed by atoms with Crippen LogP contribution in [0.4, 0.5) is 0 Å². The van der Waals surface area contributed by atoms with Crippen molar-refractivity contribution in [2.45, 2.75) is 6.42 Å². The predicted octanol–water partition coefficient (Wildman–Crippen LogP) is 3.07. The number of rotatable bonds is 3. The first-order valence-corrected chi connectivity index (χ1v) is 7.21. The summed E-state index contributed by atoms with van der Waals surface area (Å²) in [6, 6.07) is 13.3. The number of primary amides is 1. The lowest BCUT2D eigenvalue weighted by Crippen LogP contribution is -2.16. The first kappa shape index (κ1) is 13.5. The number of hydrogen-bond donors (Lipinski definition) is 1. The minimum absolute atomic E-state index is 0.290. The number of carbonyl (C=O) groups is 1. The zero-order valence-corrected chi connectivity index (χ0v) is 12.2. The van der Waals surface area contributed by atoms with E-state index in [1.807, 2.05) is 36.4 Å². The van der Waals surface area contributed by atoms with Crippen molar-refractivity contribution in [1.82, 2.24) is 9.97 Å². The van der Waals surface area contributed by atoms with Crippen LogP contribution in [0.1, 0.15) is 21.6 Å². The van der Waals surface area contributed by atoms with E-state index >= 15 is 0 Å². The molecule has 0 atom stereocenters. The summed E-state index contributed by atoms with van der Waals surface area (Å²) in [5.41, 5.74) is 9.85. The molecule has 1 aromatic carbocycles. The lowest BCUT2D eigenvalue weighted by Gasteiger charge is -2.08. The fraction of sp³-hybridized carbons (Fsp3) is 0.0556. The normalized spacial score (nSPS) is 11.1. The summed E-state index contributed by atoms with van der Waals surface area (Å²) < 4.78 is 5.35. The second kappa shape index (κ2) is 5.21. The SMILES string of the molecule is NC(=O)c1nc2cccnc2cc1Cc1ccc2occc2c1. The molecule has 3 heterocycles. The van der Waals surface area contributed by atoms with Crippen LogP contribution in [0.5, 0.6) is 0 Å². The van der Waals surface area contributed by atoms with Crippen LogP contribution >= 0.6 is 0 Å². The van der Waals surface area contributed by atoms with Crippen LogP contribution in [0.25, 0.3) is 22.0 Å². The zero-order valence-electron chi connectivity index (χ0n) is 12.2. The maximum Gasteiger partial charge on any atom is 0.267 e. The quantitative estimate of drug-likeness (QED) is 0.630. The number of pyridine rings is 2. The zero-order chi connectivity index (χ0) is 15.8. The number of benzene rings is 1. The van der Waals surface area contributed by atoms with Crippen LogP contribution in [-0.4, -0.2) is 15.9 Å². The van der Waals surface area contributed by atoms with E-state index in [0.717, 1.165) is 27.6 Å². The fourth-order valence-corrected chi connectivity index (χ4v) is 2.73. The van der Waals surface area contributed by atoms with E-state index in [-0.39, 0.29) is 5.69 Å². The van der Waals surface area contributed by atoms with Crippen molar-refractivity contribution in [1.29, 1.82) is 0 Å². The molecule has 0 aliphatic carbocycles. The molecule has 2 N–H and O–H groups in total. The van der Waals surface area contributed by atoms with Crippen LogP contribution < -0.4 is 5.73 Å². The molecule has 0 unspecified atom stereocenters. The van der Waals surface area contributed by atoms with Gasteiger partial charge in [0.25, 0.3) is 5.91 Å². The predicted molar refractivity (Wildman–Crippen MR) is 87.1 cm³/mol. The molecule has 0 saturated heterocycles. The summed E-state index contributed by atoms with van der Waals surface area (Å²) in [6.45, 7) is 0. The Hall–Kier alpha value is -3.21. The van der Waals surface area contributed by atoms with E-state index in [1.54, 1.807) is 18.5 Å². The number of nitrogens with two attached hydrogens (primary N) is 1. The third kappa shape index (κ3) is 2.42. The Bertz CT molecular complexity index is 1040. The van der Waals surface area contributed by atoms with Crippen molar-refractivity contribution >= 4 is 27.9 Å². The van der Waals surface area contributed by atoms with Crippen LogP contribution in [0.15, 0.2) is 59.3 Å². The van der Waals surface area contributed by atoms with Gasteiger partial charge in [-0.25, -0.2) is 4.98 Å². The average Bonchev–Trinajstić information content (AvgIpc) is 3.01. The molecule has 5 nitrogen and oxygen atoms in total. The third-order valence-electron chi connectivity index (χ3n) is 3.81. The molecule has 4 rings (SSSR count). The standard InChI is InChI=1S/C18H13N3O2/c19-18(22)17-13(10-15-14(21-17)2-1-6-20-15)9-11-3-4-16-12(8-11)5-7-23-16/h1-8,10H,9H2,(H2,19,22). The van der Waals surface area contributed by atoms with E-state index in [9.17, 15) is 4.79 Å². The Balaban J connectivity index is 1.82. The van der Waals surface area contributed by atoms with Gasteiger partial charge in [0.2, 0.25) is 0 Å². The summed E-state index contributed by atoms with van der Waals surface area (Å²) in [7, 11) is 0. The highest BCUT2D eigenvalue weighted by atomic mass is 16.3. The van der Waals surface area contributed by atoms with Gasteiger partial charge in [-0.1, -0.05) is 6.07 Å². The molecule has 0 aliphatic rings. The minimum Gasteiger partial charge on any atom is -0.464 e. The molecule has 23 heavy (non-hydrogen) atoms. The van der Waals surface area contributed by atoms with E-state index in [1.165, 1.54) is 0 Å². The van der Waals surface area contributed by atoms with Gasteiger partial charge in [-0.3, -0.25) is 9.78 Å². The monoisotopic (exact) mass is 303 g/mol. The summed E-state index contributed by atoms with van der Waals surface area (Å²) in [4.78, 5) is 20.4. The summed E-state index contributed by atoms with van der Waals surface area (Å²) in [5.74, 6) is -0.532. The van der Waals surface area contributed by atoms with Gasteiger partial charge < -0.3 is 10.2 Å².